The third kappa shape index (κ3) is 3.32. The van der Waals surface area contributed by atoms with Gasteiger partial charge >= 0.3 is 5.97 Å². The van der Waals surface area contributed by atoms with Crippen LogP contribution in [0, 0.1) is 31.1 Å². The Morgan fingerprint density at radius 2 is 1.84 bits per heavy atom. The van der Waals surface area contributed by atoms with Crippen LogP contribution < -0.4 is 5.32 Å². The summed E-state index contributed by atoms with van der Waals surface area (Å²) in [5.41, 5.74) is 1.32. The number of nitriles is 1. The first-order valence-corrected chi connectivity index (χ1v) is 5.89. The van der Waals surface area contributed by atoms with E-state index >= 15 is 0 Å². The molecule has 1 amide bonds. The Labute approximate surface area is 111 Å². The lowest BCUT2D eigenvalue weighted by Gasteiger charge is -2.13. The van der Waals surface area contributed by atoms with Crippen LogP contribution in [0.2, 0.25) is 0 Å². The molecular weight excluding hydrogens is 244 g/mol. The number of aryl methyl sites for hydroxylation is 2. The number of nitrogens with zero attached hydrogens (tertiary/aromatic N) is 1. The molecule has 100 valence electrons. The molecule has 1 aromatic carbocycles. The molecule has 0 bridgehead atoms. The van der Waals surface area contributed by atoms with Gasteiger partial charge in [0, 0.05) is 6.54 Å². The number of aromatic carboxylic acids is 1. The van der Waals surface area contributed by atoms with Crippen LogP contribution in [0.5, 0.6) is 0 Å². The zero-order valence-corrected chi connectivity index (χ0v) is 11.2. The summed E-state index contributed by atoms with van der Waals surface area (Å²) in [6.07, 6.45) is 0. The van der Waals surface area contributed by atoms with E-state index in [0.29, 0.717) is 11.1 Å². The van der Waals surface area contributed by atoms with Gasteiger partial charge in [0.1, 0.15) is 0 Å². The van der Waals surface area contributed by atoms with Crippen LogP contribution in [0.15, 0.2) is 12.1 Å². The highest BCUT2D eigenvalue weighted by atomic mass is 16.4. The van der Waals surface area contributed by atoms with Crippen molar-refractivity contribution >= 4 is 11.9 Å². The summed E-state index contributed by atoms with van der Waals surface area (Å²) in [4.78, 5) is 23.3. The normalized spacial score (nSPS) is 11.5. The quantitative estimate of drug-likeness (QED) is 0.865. The fraction of sp³-hybridized carbons (Fsp3) is 0.357. The Balaban J connectivity index is 3.12. The highest BCUT2D eigenvalue weighted by molar-refractivity contribution is 6.06. The number of rotatable bonds is 4. The summed E-state index contributed by atoms with van der Waals surface area (Å²) in [6.45, 7) is 5.22. The van der Waals surface area contributed by atoms with Gasteiger partial charge in [-0.25, -0.2) is 4.79 Å². The van der Waals surface area contributed by atoms with Gasteiger partial charge in [0.15, 0.2) is 0 Å². The summed E-state index contributed by atoms with van der Waals surface area (Å²) >= 11 is 0. The molecule has 5 heteroatoms. The number of carboxylic acids is 1. The molecule has 0 aliphatic carbocycles. The Bertz CT molecular complexity index is 559. The van der Waals surface area contributed by atoms with Crippen molar-refractivity contribution in [2.45, 2.75) is 20.8 Å². The number of carbonyl (C=O) groups excluding carboxylic acids is 1. The zero-order valence-electron chi connectivity index (χ0n) is 11.2. The summed E-state index contributed by atoms with van der Waals surface area (Å²) in [7, 11) is 0. The topological polar surface area (TPSA) is 90.2 Å². The van der Waals surface area contributed by atoms with Crippen LogP contribution in [0.25, 0.3) is 0 Å². The van der Waals surface area contributed by atoms with E-state index in [4.69, 9.17) is 5.26 Å². The molecule has 0 radical (unpaired) electrons. The molecule has 0 aromatic heterocycles. The molecule has 0 saturated carbocycles. The smallest absolute Gasteiger partial charge is 0.336 e. The average molecular weight is 260 g/mol. The summed E-state index contributed by atoms with van der Waals surface area (Å²) in [6, 6.07) is 5.39. The molecule has 1 aromatic rings. The van der Waals surface area contributed by atoms with E-state index in [0.717, 1.165) is 0 Å². The Hall–Kier alpha value is -2.35. The summed E-state index contributed by atoms with van der Waals surface area (Å²) in [5, 5.41) is 20.5. The first-order valence-electron chi connectivity index (χ1n) is 5.89. The molecule has 0 aliphatic rings. The van der Waals surface area contributed by atoms with Crippen LogP contribution in [-0.4, -0.2) is 23.5 Å². The number of hydrogen-bond donors (Lipinski definition) is 2. The second-order valence-corrected chi connectivity index (χ2v) is 4.49. The van der Waals surface area contributed by atoms with Crippen LogP contribution in [0.1, 0.15) is 38.8 Å². The minimum atomic E-state index is -1.13. The fourth-order valence-corrected chi connectivity index (χ4v) is 1.76. The van der Waals surface area contributed by atoms with Gasteiger partial charge in [0.05, 0.1) is 23.1 Å². The van der Waals surface area contributed by atoms with Crippen molar-refractivity contribution in [2.24, 2.45) is 5.92 Å². The Kier molecular flexibility index (Phi) is 4.65. The van der Waals surface area contributed by atoms with Gasteiger partial charge in [-0.15, -0.1) is 0 Å². The maximum atomic E-state index is 12.1. The summed E-state index contributed by atoms with van der Waals surface area (Å²) < 4.78 is 0. The number of benzene rings is 1. The van der Waals surface area contributed by atoms with Crippen molar-refractivity contribution in [3.8, 4) is 6.07 Å². The van der Waals surface area contributed by atoms with E-state index in [9.17, 15) is 14.7 Å². The van der Waals surface area contributed by atoms with Gasteiger partial charge in [-0.1, -0.05) is 12.1 Å². The molecule has 1 unspecified atom stereocenters. The van der Waals surface area contributed by atoms with E-state index < -0.39 is 11.9 Å². The predicted octanol–water partition coefficient (Wildman–Crippen LogP) is 1.89. The van der Waals surface area contributed by atoms with Gasteiger partial charge in [-0.05, 0) is 31.9 Å². The molecule has 0 heterocycles. The van der Waals surface area contributed by atoms with Crippen molar-refractivity contribution < 1.29 is 14.7 Å². The van der Waals surface area contributed by atoms with E-state index in [1.165, 1.54) is 0 Å². The van der Waals surface area contributed by atoms with E-state index in [1.54, 1.807) is 32.9 Å². The van der Waals surface area contributed by atoms with Crippen molar-refractivity contribution in [3.63, 3.8) is 0 Å². The first-order chi connectivity index (χ1) is 8.88. The highest BCUT2D eigenvalue weighted by Crippen LogP contribution is 2.18. The molecule has 1 atom stereocenters. The maximum absolute atomic E-state index is 12.1. The Morgan fingerprint density at radius 1 is 1.32 bits per heavy atom. The van der Waals surface area contributed by atoms with Gasteiger partial charge < -0.3 is 10.4 Å². The first kappa shape index (κ1) is 14.7. The SMILES string of the molecule is Cc1ccc(C)c(C(=O)NCC(C)C#N)c1C(=O)O. The third-order valence-corrected chi connectivity index (χ3v) is 2.85. The highest BCUT2D eigenvalue weighted by Gasteiger charge is 2.21. The van der Waals surface area contributed by atoms with Gasteiger partial charge in [-0.3, -0.25) is 4.79 Å². The molecule has 0 fully saturated rings. The molecule has 0 aliphatic heterocycles. The predicted molar refractivity (Wildman–Crippen MR) is 70.0 cm³/mol. The van der Waals surface area contributed by atoms with Crippen molar-refractivity contribution in [1.29, 1.82) is 5.26 Å². The van der Waals surface area contributed by atoms with E-state index in [-0.39, 0.29) is 23.6 Å². The molecule has 19 heavy (non-hydrogen) atoms. The van der Waals surface area contributed by atoms with E-state index in [2.05, 4.69) is 5.32 Å². The van der Waals surface area contributed by atoms with Crippen LogP contribution in [0.3, 0.4) is 0 Å². The van der Waals surface area contributed by atoms with Gasteiger partial charge in [0.2, 0.25) is 0 Å². The monoisotopic (exact) mass is 260 g/mol. The molecule has 5 nitrogen and oxygen atoms in total. The lowest BCUT2D eigenvalue weighted by Crippen LogP contribution is -2.30. The van der Waals surface area contributed by atoms with Crippen molar-refractivity contribution in [3.05, 3.63) is 34.4 Å². The summed E-state index contributed by atoms with van der Waals surface area (Å²) in [5.74, 6) is -1.90. The lowest BCUT2D eigenvalue weighted by molar-refractivity contribution is 0.0690. The minimum Gasteiger partial charge on any atom is -0.478 e. The Morgan fingerprint density at radius 3 is 2.32 bits per heavy atom. The number of amides is 1. The molecule has 0 spiro atoms. The molecule has 2 N–H and O–H groups in total. The average Bonchev–Trinajstić information content (AvgIpc) is 2.37. The van der Waals surface area contributed by atoms with Crippen LogP contribution in [0.4, 0.5) is 0 Å². The van der Waals surface area contributed by atoms with Gasteiger partial charge in [0.25, 0.3) is 5.91 Å². The fourth-order valence-electron chi connectivity index (χ4n) is 1.76. The lowest BCUT2D eigenvalue weighted by atomic mass is 9.96. The van der Waals surface area contributed by atoms with Crippen LogP contribution in [-0.2, 0) is 0 Å². The number of carboxylic acid groups (broad SMARTS) is 1. The molecular formula is C14H16N2O3. The van der Waals surface area contributed by atoms with Crippen LogP contribution >= 0.6 is 0 Å². The second kappa shape index (κ2) is 6.01. The zero-order chi connectivity index (χ0) is 14.6. The minimum absolute atomic E-state index is 0.0158. The van der Waals surface area contributed by atoms with Crippen molar-refractivity contribution in [2.75, 3.05) is 6.54 Å². The standard InChI is InChI=1S/C14H16N2O3/c1-8(6-15)7-16-13(17)11-9(2)4-5-10(3)12(11)14(18)19/h4-5,8H,7H2,1-3H3,(H,16,17)(H,18,19). The number of carbonyl (C=O) groups is 2. The third-order valence-electron chi connectivity index (χ3n) is 2.85. The maximum Gasteiger partial charge on any atom is 0.336 e. The van der Waals surface area contributed by atoms with Crippen molar-refractivity contribution in [1.82, 2.24) is 5.32 Å². The van der Waals surface area contributed by atoms with Gasteiger partial charge in [-0.2, -0.15) is 5.26 Å². The van der Waals surface area contributed by atoms with E-state index in [1.807, 2.05) is 6.07 Å². The molecule has 1 rings (SSSR count). The number of nitrogens with one attached hydrogen (secondary N) is 1. The largest absolute Gasteiger partial charge is 0.478 e. The second-order valence-electron chi connectivity index (χ2n) is 4.49. The molecule has 0 saturated heterocycles. The number of hydrogen-bond acceptors (Lipinski definition) is 3.